The van der Waals surface area contributed by atoms with E-state index in [0.717, 1.165) is 34.9 Å². The van der Waals surface area contributed by atoms with Gasteiger partial charge in [0.25, 0.3) is 0 Å². The first-order valence-electron chi connectivity index (χ1n) is 18.4. The van der Waals surface area contributed by atoms with E-state index in [0.29, 0.717) is 45.7 Å². The number of rotatable bonds is 8. The molecular formula is C40H52FN7O5. The van der Waals surface area contributed by atoms with Gasteiger partial charge < -0.3 is 24.5 Å². The van der Waals surface area contributed by atoms with Crippen molar-refractivity contribution in [2.75, 3.05) is 62.2 Å². The van der Waals surface area contributed by atoms with Gasteiger partial charge in [0.1, 0.15) is 17.2 Å². The van der Waals surface area contributed by atoms with Crippen LogP contribution in [0.3, 0.4) is 0 Å². The van der Waals surface area contributed by atoms with Gasteiger partial charge in [-0.15, -0.1) is 0 Å². The van der Waals surface area contributed by atoms with Crippen molar-refractivity contribution < 1.29 is 28.6 Å². The number of ether oxygens (including phenoxy) is 1. The summed E-state index contributed by atoms with van der Waals surface area (Å²) in [7, 11) is 0. The largest absolute Gasteiger partial charge is 0.478 e. The number of nitrogens with zero attached hydrogens (tertiary/aromatic N) is 7. The number of halogens is 1. The summed E-state index contributed by atoms with van der Waals surface area (Å²) in [5, 5.41) is 9.28. The van der Waals surface area contributed by atoms with Crippen molar-refractivity contribution in [2.24, 2.45) is 0 Å². The van der Waals surface area contributed by atoms with Crippen LogP contribution in [-0.4, -0.2) is 124 Å². The summed E-state index contributed by atoms with van der Waals surface area (Å²) in [4.78, 5) is 58.8. The minimum absolute atomic E-state index is 0.0192. The van der Waals surface area contributed by atoms with Crippen molar-refractivity contribution in [1.29, 1.82) is 0 Å². The van der Waals surface area contributed by atoms with Gasteiger partial charge in [0, 0.05) is 81.7 Å². The van der Waals surface area contributed by atoms with Crippen LogP contribution in [0, 0.1) is 5.82 Å². The maximum absolute atomic E-state index is 14.4. The quantitative estimate of drug-likeness (QED) is 0.337. The highest BCUT2D eigenvalue weighted by molar-refractivity contribution is 5.97. The lowest BCUT2D eigenvalue weighted by Crippen LogP contribution is -2.65. The van der Waals surface area contributed by atoms with E-state index in [1.807, 2.05) is 44.9 Å². The summed E-state index contributed by atoms with van der Waals surface area (Å²) in [6.07, 6.45) is 3.46. The highest BCUT2D eigenvalue weighted by Gasteiger charge is 2.43. The first kappa shape index (κ1) is 38.1. The number of hydrogen-bond acceptors (Lipinski definition) is 9. The van der Waals surface area contributed by atoms with Crippen molar-refractivity contribution in [3.05, 3.63) is 83.1 Å². The summed E-state index contributed by atoms with van der Waals surface area (Å²) in [6, 6.07) is 11.6. The Morgan fingerprint density at radius 2 is 1.66 bits per heavy atom. The molecule has 2 aromatic heterocycles. The van der Waals surface area contributed by atoms with Gasteiger partial charge in [0.2, 0.25) is 5.91 Å². The summed E-state index contributed by atoms with van der Waals surface area (Å²) >= 11 is 0. The monoisotopic (exact) mass is 729 g/mol. The van der Waals surface area contributed by atoms with Crippen LogP contribution < -0.4 is 9.80 Å². The highest BCUT2D eigenvalue weighted by atomic mass is 19.1. The number of carboxylic acids is 1. The number of benzene rings is 1. The third-order valence-electron chi connectivity index (χ3n) is 10.5. The van der Waals surface area contributed by atoms with E-state index >= 15 is 0 Å². The Balaban J connectivity index is 1.20. The highest BCUT2D eigenvalue weighted by Crippen LogP contribution is 2.40. The van der Waals surface area contributed by atoms with Gasteiger partial charge in [-0.3, -0.25) is 19.6 Å². The SMILES string of the molecule is C[C@@H]1CN(c2ccc(C(=O)O)cn2)CCN1C[C@H]1CN(C(=O)OC(C)(C)C)[C@H](C)CN1CC(=O)N1CC(C)(C)c2ncc(Cc3ccc(F)cc3)cc21. The molecule has 12 nitrogen and oxygen atoms in total. The Hall–Kier alpha value is -4.62. The maximum atomic E-state index is 14.4. The number of carboxylic acid groups (broad SMARTS) is 1. The molecule has 1 aromatic carbocycles. The van der Waals surface area contributed by atoms with E-state index in [2.05, 4.69) is 40.5 Å². The number of carbonyl (C=O) groups is 3. The van der Waals surface area contributed by atoms with Crippen LogP contribution in [0.4, 0.5) is 20.7 Å². The average molecular weight is 730 g/mol. The maximum Gasteiger partial charge on any atom is 0.410 e. The smallest absolute Gasteiger partial charge is 0.410 e. The van der Waals surface area contributed by atoms with Gasteiger partial charge in [-0.2, -0.15) is 0 Å². The normalized spacial score (nSPS) is 22.1. The van der Waals surface area contributed by atoms with E-state index in [9.17, 15) is 23.9 Å². The molecule has 13 heteroatoms. The van der Waals surface area contributed by atoms with E-state index in [-0.39, 0.29) is 53.5 Å². The molecule has 0 radical (unpaired) electrons. The van der Waals surface area contributed by atoms with Gasteiger partial charge in [0.05, 0.1) is 23.5 Å². The number of pyridine rings is 2. The fourth-order valence-corrected chi connectivity index (χ4v) is 7.69. The summed E-state index contributed by atoms with van der Waals surface area (Å²) in [6.45, 7) is 18.4. The summed E-state index contributed by atoms with van der Waals surface area (Å²) < 4.78 is 19.4. The van der Waals surface area contributed by atoms with E-state index < -0.39 is 11.6 Å². The Kier molecular flexibility index (Phi) is 10.8. The molecule has 0 aliphatic carbocycles. The summed E-state index contributed by atoms with van der Waals surface area (Å²) in [5.74, 6) is -0.569. The van der Waals surface area contributed by atoms with Gasteiger partial charge in [-0.1, -0.05) is 26.0 Å². The fraction of sp³-hybridized carbons (Fsp3) is 0.525. The molecular weight excluding hydrogens is 677 g/mol. The van der Waals surface area contributed by atoms with Crippen molar-refractivity contribution in [3.63, 3.8) is 0 Å². The fourth-order valence-electron chi connectivity index (χ4n) is 7.69. The van der Waals surface area contributed by atoms with Gasteiger partial charge >= 0.3 is 12.1 Å². The molecule has 0 bridgehead atoms. The molecule has 3 atom stereocenters. The zero-order valence-electron chi connectivity index (χ0n) is 31.9. The van der Waals surface area contributed by atoms with E-state index in [1.54, 1.807) is 29.2 Å². The second-order valence-electron chi connectivity index (χ2n) is 16.4. The number of anilines is 2. The zero-order chi connectivity index (χ0) is 38.2. The van der Waals surface area contributed by atoms with Crippen LogP contribution in [0.15, 0.2) is 54.9 Å². The van der Waals surface area contributed by atoms with E-state index in [4.69, 9.17) is 9.72 Å². The number of piperazine rings is 2. The topological polar surface area (TPSA) is 123 Å². The summed E-state index contributed by atoms with van der Waals surface area (Å²) in [5.41, 5.74) is 2.78. The lowest BCUT2D eigenvalue weighted by molar-refractivity contribution is -0.121. The number of aromatic nitrogens is 2. The third kappa shape index (κ3) is 8.79. The molecule has 3 aromatic rings. The Morgan fingerprint density at radius 1 is 0.925 bits per heavy atom. The molecule has 6 rings (SSSR count). The Bertz CT molecular complexity index is 1810. The number of amides is 2. The molecule has 3 aliphatic rings. The molecule has 0 unspecified atom stereocenters. The lowest BCUT2D eigenvalue weighted by Gasteiger charge is -2.48. The molecule has 284 valence electrons. The number of fused-ring (bicyclic) bond motifs is 1. The predicted octanol–water partition coefficient (Wildman–Crippen LogP) is 5.05. The molecule has 0 saturated carbocycles. The zero-order valence-corrected chi connectivity index (χ0v) is 31.9. The molecule has 3 aliphatic heterocycles. The van der Waals surface area contributed by atoms with Gasteiger partial charge in [0.15, 0.2) is 0 Å². The molecule has 2 amide bonds. The number of aromatic carboxylic acids is 1. The van der Waals surface area contributed by atoms with E-state index in [1.165, 1.54) is 18.3 Å². The van der Waals surface area contributed by atoms with Crippen LogP contribution in [0.1, 0.15) is 75.6 Å². The molecule has 2 fully saturated rings. The Labute approximate surface area is 311 Å². The van der Waals surface area contributed by atoms with Crippen molar-refractivity contribution in [3.8, 4) is 0 Å². The molecule has 2 saturated heterocycles. The standard InChI is InChI=1S/C40H52FN7O5/c1-26-20-45(34-13-10-30(19-42-34)37(50)51)15-14-44(26)22-32-23-47(38(52)53-39(3,4)5)27(2)21-46(32)24-35(49)48-25-40(6,7)36-33(48)17-29(18-43-36)16-28-8-11-31(41)12-9-28/h8-13,17-19,26-27,32H,14-16,20-25H2,1-7H3,(H,50,51)/t26-,27-,32+/m1/s1. The van der Waals surface area contributed by atoms with Crippen LogP contribution >= 0.6 is 0 Å². The molecule has 5 heterocycles. The minimum atomic E-state index is -1.01. The van der Waals surface area contributed by atoms with Crippen LogP contribution in [0.25, 0.3) is 0 Å². The third-order valence-corrected chi connectivity index (χ3v) is 10.5. The average Bonchev–Trinajstić information content (AvgIpc) is 3.36. The van der Waals surface area contributed by atoms with Crippen molar-refractivity contribution in [1.82, 2.24) is 24.7 Å². The number of carbonyl (C=O) groups excluding carboxylic acids is 2. The van der Waals surface area contributed by atoms with Crippen LogP contribution in [-0.2, 0) is 21.4 Å². The van der Waals surface area contributed by atoms with Crippen molar-refractivity contribution >= 4 is 29.5 Å². The van der Waals surface area contributed by atoms with Gasteiger partial charge in [-0.25, -0.2) is 19.0 Å². The van der Waals surface area contributed by atoms with Gasteiger partial charge in [-0.05, 0) is 82.5 Å². The Morgan fingerprint density at radius 3 is 2.30 bits per heavy atom. The second kappa shape index (κ2) is 15.0. The van der Waals surface area contributed by atoms with Crippen molar-refractivity contribution in [2.45, 2.75) is 84.0 Å². The van der Waals surface area contributed by atoms with Crippen LogP contribution in [0.5, 0.6) is 0 Å². The predicted molar refractivity (Wildman–Crippen MR) is 201 cm³/mol. The van der Waals surface area contributed by atoms with Crippen LogP contribution in [0.2, 0.25) is 0 Å². The first-order chi connectivity index (χ1) is 25.0. The minimum Gasteiger partial charge on any atom is -0.478 e. The molecule has 0 spiro atoms. The molecule has 53 heavy (non-hydrogen) atoms. The first-order valence-corrected chi connectivity index (χ1v) is 18.4. The number of hydrogen-bond donors (Lipinski definition) is 1. The molecule has 1 N–H and O–H groups in total. The second-order valence-corrected chi connectivity index (χ2v) is 16.4. The lowest BCUT2D eigenvalue weighted by atomic mass is 9.91.